The van der Waals surface area contributed by atoms with Crippen molar-refractivity contribution in [2.45, 2.75) is 23.4 Å². The van der Waals surface area contributed by atoms with Crippen LogP contribution in [-0.4, -0.2) is 26.5 Å². The van der Waals surface area contributed by atoms with Gasteiger partial charge in [0.1, 0.15) is 28.5 Å². The molecular weight excluding hydrogens is 314 g/mol. The lowest BCUT2D eigenvalue weighted by molar-refractivity contribution is 0.944. The van der Waals surface area contributed by atoms with Crippen LogP contribution in [0.25, 0.3) is 0 Å². The average molecular weight is 326 g/mol. The Morgan fingerprint density at radius 1 is 1.28 bits per heavy atom. The molecule has 2 rings (SSSR count). The van der Waals surface area contributed by atoms with Gasteiger partial charge in [0.25, 0.3) is 0 Å². The standard InChI is InChI=1S/C11H12BrN5S/c1-2-4-14-10-9(12)11(17-7-16-10)18-8-3-5-13-6-15-8/h3,5-7H,2,4H2,1H3,(H,14,16,17). The molecule has 0 unspecified atom stereocenters. The fourth-order valence-electron chi connectivity index (χ4n) is 1.23. The Morgan fingerprint density at radius 3 is 2.89 bits per heavy atom. The minimum atomic E-state index is 0.809. The van der Waals surface area contributed by atoms with Crippen LogP contribution in [0, 0.1) is 0 Å². The van der Waals surface area contributed by atoms with Gasteiger partial charge in [0.15, 0.2) is 0 Å². The van der Waals surface area contributed by atoms with E-state index in [1.165, 1.54) is 18.1 Å². The van der Waals surface area contributed by atoms with E-state index in [4.69, 9.17) is 0 Å². The normalized spacial score (nSPS) is 10.3. The van der Waals surface area contributed by atoms with Gasteiger partial charge in [-0.15, -0.1) is 0 Å². The second kappa shape index (κ2) is 6.65. The first-order valence-electron chi connectivity index (χ1n) is 5.49. The van der Waals surface area contributed by atoms with Crippen molar-refractivity contribution in [1.82, 2.24) is 19.9 Å². The van der Waals surface area contributed by atoms with Gasteiger partial charge in [0, 0.05) is 12.7 Å². The summed E-state index contributed by atoms with van der Waals surface area (Å²) in [6, 6.07) is 1.85. The van der Waals surface area contributed by atoms with Crippen molar-refractivity contribution in [3.8, 4) is 0 Å². The molecular formula is C11H12BrN5S. The molecule has 0 saturated heterocycles. The third kappa shape index (κ3) is 3.39. The summed E-state index contributed by atoms with van der Waals surface area (Å²) in [6.45, 7) is 2.99. The Kier molecular flexibility index (Phi) is 4.89. The van der Waals surface area contributed by atoms with Gasteiger partial charge < -0.3 is 5.32 Å². The molecule has 0 saturated carbocycles. The summed E-state index contributed by atoms with van der Waals surface area (Å²) in [6.07, 6.45) is 5.82. The third-order valence-electron chi connectivity index (χ3n) is 2.06. The van der Waals surface area contributed by atoms with Crippen LogP contribution < -0.4 is 5.32 Å². The van der Waals surface area contributed by atoms with Crippen molar-refractivity contribution in [3.05, 3.63) is 29.4 Å². The second-order valence-corrected chi connectivity index (χ2v) is 5.22. The average Bonchev–Trinajstić information content (AvgIpc) is 2.41. The van der Waals surface area contributed by atoms with E-state index in [9.17, 15) is 0 Å². The highest BCUT2D eigenvalue weighted by Crippen LogP contribution is 2.33. The lowest BCUT2D eigenvalue weighted by Gasteiger charge is -2.08. The number of halogens is 1. The third-order valence-corrected chi connectivity index (χ3v) is 4.02. The van der Waals surface area contributed by atoms with Gasteiger partial charge in [0.05, 0.1) is 4.47 Å². The van der Waals surface area contributed by atoms with E-state index in [-0.39, 0.29) is 0 Å². The minimum absolute atomic E-state index is 0.809. The molecule has 2 aromatic heterocycles. The Labute approximate surface area is 118 Å². The van der Waals surface area contributed by atoms with Gasteiger partial charge in [-0.3, -0.25) is 0 Å². The maximum Gasteiger partial charge on any atom is 0.144 e. The van der Waals surface area contributed by atoms with Crippen molar-refractivity contribution >= 4 is 33.5 Å². The molecule has 0 fully saturated rings. The number of nitrogens with one attached hydrogen (secondary N) is 1. The summed E-state index contributed by atoms with van der Waals surface area (Å²) >= 11 is 4.99. The van der Waals surface area contributed by atoms with Crippen LogP contribution in [-0.2, 0) is 0 Å². The van der Waals surface area contributed by atoms with Crippen LogP contribution in [0.3, 0.4) is 0 Å². The molecule has 0 aromatic carbocycles. The molecule has 2 aromatic rings. The monoisotopic (exact) mass is 325 g/mol. The molecule has 0 aliphatic heterocycles. The highest BCUT2D eigenvalue weighted by atomic mass is 79.9. The summed E-state index contributed by atoms with van der Waals surface area (Å²) in [5, 5.41) is 4.93. The fraction of sp³-hybridized carbons (Fsp3) is 0.273. The number of hydrogen-bond donors (Lipinski definition) is 1. The van der Waals surface area contributed by atoms with Gasteiger partial charge >= 0.3 is 0 Å². The zero-order valence-corrected chi connectivity index (χ0v) is 12.2. The quantitative estimate of drug-likeness (QED) is 0.852. The van der Waals surface area contributed by atoms with Crippen molar-refractivity contribution < 1.29 is 0 Å². The molecule has 0 amide bonds. The predicted octanol–water partition coefficient (Wildman–Crippen LogP) is 3.00. The molecule has 0 spiro atoms. The molecule has 2 heterocycles. The zero-order valence-electron chi connectivity index (χ0n) is 9.80. The first kappa shape index (κ1) is 13.2. The Hall–Kier alpha value is -1.21. The van der Waals surface area contributed by atoms with Gasteiger partial charge in [-0.1, -0.05) is 6.92 Å². The molecule has 0 aliphatic rings. The summed E-state index contributed by atoms with van der Waals surface area (Å²) in [5.74, 6) is 0.809. The van der Waals surface area contributed by atoms with Crippen molar-refractivity contribution in [3.63, 3.8) is 0 Å². The molecule has 1 N–H and O–H groups in total. The largest absolute Gasteiger partial charge is 0.369 e. The van der Waals surface area contributed by atoms with Gasteiger partial charge in [0.2, 0.25) is 0 Å². The number of hydrogen-bond acceptors (Lipinski definition) is 6. The lowest BCUT2D eigenvalue weighted by Crippen LogP contribution is -2.03. The lowest BCUT2D eigenvalue weighted by atomic mass is 10.4. The van der Waals surface area contributed by atoms with E-state index in [1.807, 2.05) is 6.07 Å². The number of rotatable bonds is 5. The fourth-order valence-corrected chi connectivity index (χ4v) is 2.53. The van der Waals surface area contributed by atoms with E-state index in [0.717, 1.165) is 33.3 Å². The van der Waals surface area contributed by atoms with E-state index in [1.54, 1.807) is 12.5 Å². The number of nitrogens with zero attached hydrogens (tertiary/aromatic N) is 4. The topological polar surface area (TPSA) is 63.6 Å². The van der Waals surface area contributed by atoms with Crippen molar-refractivity contribution in [1.29, 1.82) is 0 Å². The number of aromatic nitrogens is 4. The summed E-state index contributed by atoms with van der Waals surface area (Å²) in [5.41, 5.74) is 0. The highest BCUT2D eigenvalue weighted by Gasteiger charge is 2.10. The SMILES string of the molecule is CCCNc1ncnc(Sc2ccncn2)c1Br. The van der Waals surface area contributed by atoms with Crippen molar-refractivity contribution in [2.75, 3.05) is 11.9 Å². The first-order chi connectivity index (χ1) is 8.81. The second-order valence-electron chi connectivity index (χ2n) is 3.42. The van der Waals surface area contributed by atoms with Crippen molar-refractivity contribution in [2.24, 2.45) is 0 Å². The molecule has 7 heteroatoms. The Balaban J connectivity index is 2.18. The summed E-state index contributed by atoms with van der Waals surface area (Å²) < 4.78 is 0.863. The first-order valence-corrected chi connectivity index (χ1v) is 7.10. The van der Waals surface area contributed by atoms with Crippen LogP contribution >= 0.6 is 27.7 Å². The van der Waals surface area contributed by atoms with Crippen LogP contribution in [0.4, 0.5) is 5.82 Å². The van der Waals surface area contributed by atoms with E-state index in [2.05, 4.69) is 48.1 Å². The molecule has 0 bridgehead atoms. The molecule has 0 aliphatic carbocycles. The molecule has 0 atom stereocenters. The van der Waals surface area contributed by atoms with Crippen LogP contribution in [0.1, 0.15) is 13.3 Å². The maximum atomic E-state index is 4.25. The Morgan fingerprint density at radius 2 is 2.17 bits per heavy atom. The predicted molar refractivity (Wildman–Crippen MR) is 74.7 cm³/mol. The van der Waals surface area contributed by atoms with Gasteiger partial charge in [-0.2, -0.15) is 0 Å². The van der Waals surface area contributed by atoms with E-state index in [0.29, 0.717) is 0 Å². The number of anilines is 1. The van der Waals surface area contributed by atoms with Gasteiger partial charge in [-0.25, -0.2) is 19.9 Å². The minimum Gasteiger partial charge on any atom is -0.369 e. The molecule has 18 heavy (non-hydrogen) atoms. The summed E-state index contributed by atoms with van der Waals surface area (Å²) in [4.78, 5) is 16.5. The van der Waals surface area contributed by atoms with E-state index >= 15 is 0 Å². The van der Waals surface area contributed by atoms with Crippen LogP contribution in [0.15, 0.2) is 39.4 Å². The molecule has 94 valence electrons. The van der Waals surface area contributed by atoms with E-state index < -0.39 is 0 Å². The summed E-state index contributed by atoms with van der Waals surface area (Å²) in [7, 11) is 0. The maximum absolute atomic E-state index is 4.25. The van der Waals surface area contributed by atoms with Crippen LogP contribution in [0.5, 0.6) is 0 Å². The van der Waals surface area contributed by atoms with Crippen LogP contribution in [0.2, 0.25) is 0 Å². The zero-order chi connectivity index (χ0) is 12.8. The highest BCUT2D eigenvalue weighted by molar-refractivity contribution is 9.10. The molecule has 5 nitrogen and oxygen atoms in total. The molecule has 0 radical (unpaired) electrons. The van der Waals surface area contributed by atoms with Gasteiger partial charge in [-0.05, 0) is 40.2 Å². The smallest absolute Gasteiger partial charge is 0.144 e. The Bertz CT molecular complexity index is 508.